The lowest BCUT2D eigenvalue weighted by Gasteiger charge is -2.21. The van der Waals surface area contributed by atoms with Gasteiger partial charge < -0.3 is 15.0 Å². The summed E-state index contributed by atoms with van der Waals surface area (Å²) in [6.07, 6.45) is -4.31. The van der Waals surface area contributed by atoms with E-state index in [9.17, 15) is 18.0 Å². The first-order valence-electron chi connectivity index (χ1n) is 11.4. The largest absolute Gasteiger partial charge is 0.486 e. The first-order chi connectivity index (χ1) is 16.7. The molecule has 0 saturated carbocycles. The fourth-order valence-electron chi connectivity index (χ4n) is 4.24. The Morgan fingerprint density at radius 1 is 1.03 bits per heavy atom. The molecule has 0 aromatic heterocycles. The van der Waals surface area contributed by atoms with Gasteiger partial charge in [-0.15, -0.1) is 0 Å². The normalized spacial score (nSPS) is 14.6. The number of rotatable bonds is 6. The summed E-state index contributed by atoms with van der Waals surface area (Å²) in [5.41, 5.74) is 4.54. The van der Waals surface area contributed by atoms with E-state index in [0.717, 1.165) is 32.9 Å². The summed E-state index contributed by atoms with van der Waals surface area (Å²) in [6.45, 7) is 2.49. The smallest absolute Gasteiger partial charge is 0.471 e. The van der Waals surface area contributed by atoms with Gasteiger partial charge in [-0.1, -0.05) is 60.1 Å². The van der Waals surface area contributed by atoms with E-state index in [0.29, 0.717) is 30.1 Å². The Morgan fingerprint density at radius 3 is 2.40 bits per heavy atom. The molecule has 0 radical (unpaired) electrons. The van der Waals surface area contributed by atoms with Crippen LogP contribution in [0.15, 0.2) is 66.7 Å². The molecule has 1 N–H and O–H groups in total. The van der Waals surface area contributed by atoms with E-state index in [4.69, 9.17) is 16.3 Å². The number of amides is 1. The molecule has 1 heterocycles. The molecule has 0 fully saturated rings. The molecule has 184 valence electrons. The van der Waals surface area contributed by atoms with Gasteiger partial charge in [-0.2, -0.15) is 13.2 Å². The highest BCUT2D eigenvalue weighted by Gasteiger charge is 2.42. The molecule has 0 saturated heterocycles. The van der Waals surface area contributed by atoms with Crippen molar-refractivity contribution in [3.63, 3.8) is 0 Å². The van der Waals surface area contributed by atoms with Crippen LogP contribution in [-0.4, -0.2) is 30.1 Å². The minimum atomic E-state index is -4.87. The third-order valence-corrected chi connectivity index (χ3v) is 6.46. The zero-order valence-electron chi connectivity index (χ0n) is 19.2. The van der Waals surface area contributed by atoms with E-state index in [2.05, 4.69) is 5.32 Å². The summed E-state index contributed by atoms with van der Waals surface area (Å²) in [5, 5.41) is 3.84. The molecule has 1 aliphatic rings. The molecule has 3 aromatic rings. The van der Waals surface area contributed by atoms with Gasteiger partial charge in [-0.25, -0.2) is 0 Å². The maximum absolute atomic E-state index is 12.9. The van der Waals surface area contributed by atoms with Crippen molar-refractivity contribution >= 4 is 23.2 Å². The summed E-state index contributed by atoms with van der Waals surface area (Å²) < 4.78 is 44.7. The van der Waals surface area contributed by atoms with Gasteiger partial charge in [-0.05, 0) is 60.2 Å². The Labute approximate surface area is 207 Å². The Balaban J connectivity index is 1.41. The van der Waals surface area contributed by atoms with Gasteiger partial charge in [0.05, 0.1) is 10.7 Å². The molecule has 0 bridgehead atoms. The predicted octanol–water partition coefficient (Wildman–Crippen LogP) is 6.58. The van der Waals surface area contributed by atoms with Crippen LogP contribution in [0.1, 0.15) is 35.3 Å². The second-order valence-electron chi connectivity index (χ2n) is 8.52. The Hall–Kier alpha value is -3.19. The van der Waals surface area contributed by atoms with E-state index in [1.807, 2.05) is 67.6 Å². The fourth-order valence-corrected chi connectivity index (χ4v) is 4.49. The number of fused-ring (bicyclic) bond motifs is 1. The fraction of sp³-hybridized carbons (Fsp3) is 0.296. The minimum Gasteiger partial charge on any atom is -0.486 e. The van der Waals surface area contributed by atoms with Crippen molar-refractivity contribution in [2.75, 3.05) is 18.4 Å². The molecule has 0 spiro atoms. The first kappa shape index (κ1) is 24.9. The highest BCUT2D eigenvalue weighted by Crippen LogP contribution is 2.33. The highest BCUT2D eigenvalue weighted by molar-refractivity contribution is 6.33. The number of nitrogens with zero attached hydrogens (tertiary/aromatic N) is 1. The van der Waals surface area contributed by atoms with Crippen molar-refractivity contribution in [2.45, 2.75) is 38.6 Å². The van der Waals surface area contributed by atoms with Crippen molar-refractivity contribution in [2.24, 2.45) is 0 Å². The number of hydrogen-bond donors (Lipinski definition) is 1. The molecular formula is C27H26ClF3N2O2. The van der Waals surface area contributed by atoms with Crippen molar-refractivity contribution in [3.05, 3.63) is 94.0 Å². The third-order valence-electron chi connectivity index (χ3n) is 6.15. The van der Waals surface area contributed by atoms with E-state index in [1.54, 1.807) is 6.07 Å². The van der Waals surface area contributed by atoms with E-state index < -0.39 is 12.1 Å². The van der Waals surface area contributed by atoms with Crippen LogP contribution < -0.4 is 10.1 Å². The Kier molecular flexibility index (Phi) is 7.55. The average Bonchev–Trinajstić information content (AvgIpc) is 3.06. The van der Waals surface area contributed by atoms with Crippen LogP contribution in [0.3, 0.4) is 0 Å². The number of hydrogen-bond acceptors (Lipinski definition) is 3. The number of nitrogens with one attached hydrogen (secondary N) is 1. The second kappa shape index (κ2) is 10.6. The maximum Gasteiger partial charge on any atom is 0.471 e. The summed E-state index contributed by atoms with van der Waals surface area (Å²) in [6, 6.07) is 21.3. The number of halogens is 4. The molecule has 1 aliphatic heterocycles. The average molecular weight is 503 g/mol. The van der Waals surface area contributed by atoms with Crippen LogP contribution >= 0.6 is 11.6 Å². The van der Waals surface area contributed by atoms with Crippen LogP contribution in [0.25, 0.3) is 0 Å². The molecule has 4 rings (SSSR count). The van der Waals surface area contributed by atoms with E-state index >= 15 is 0 Å². The van der Waals surface area contributed by atoms with Crippen molar-refractivity contribution in [1.82, 2.24) is 4.90 Å². The van der Waals surface area contributed by atoms with Gasteiger partial charge in [0.1, 0.15) is 11.9 Å². The molecule has 0 aliphatic carbocycles. The molecule has 4 nitrogen and oxygen atoms in total. The summed E-state index contributed by atoms with van der Waals surface area (Å²) in [7, 11) is 0. The zero-order valence-corrected chi connectivity index (χ0v) is 20.0. The van der Waals surface area contributed by atoms with Gasteiger partial charge in [0, 0.05) is 19.6 Å². The number of anilines is 1. The minimum absolute atomic E-state index is 0.00794. The highest BCUT2D eigenvalue weighted by atomic mass is 35.5. The Bertz CT molecular complexity index is 1170. The van der Waals surface area contributed by atoms with Gasteiger partial charge in [0.25, 0.3) is 0 Å². The van der Waals surface area contributed by atoms with Gasteiger partial charge in [0.2, 0.25) is 0 Å². The van der Waals surface area contributed by atoms with Crippen molar-refractivity contribution in [3.8, 4) is 5.75 Å². The molecule has 3 aromatic carbocycles. The number of ether oxygens (including phenoxy) is 1. The second-order valence-corrected chi connectivity index (χ2v) is 8.93. The molecule has 1 atom stereocenters. The summed E-state index contributed by atoms with van der Waals surface area (Å²) in [5.74, 6) is -1.04. The van der Waals surface area contributed by atoms with Gasteiger partial charge in [0.15, 0.2) is 0 Å². The quantitative estimate of drug-likeness (QED) is 0.414. The van der Waals surface area contributed by atoms with Crippen LogP contribution in [0.4, 0.5) is 18.9 Å². The molecule has 1 amide bonds. The van der Waals surface area contributed by atoms with Gasteiger partial charge >= 0.3 is 12.1 Å². The lowest BCUT2D eigenvalue weighted by molar-refractivity contribution is -0.185. The summed E-state index contributed by atoms with van der Waals surface area (Å²) in [4.78, 5) is 12.6. The molecule has 1 unspecified atom stereocenters. The molecular weight excluding hydrogens is 477 g/mol. The van der Waals surface area contributed by atoms with Crippen LogP contribution in [0.5, 0.6) is 5.75 Å². The third kappa shape index (κ3) is 6.09. The lowest BCUT2D eigenvalue weighted by atomic mass is 10.0. The zero-order chi connectivity index (χ0) is 25.0. The molecule has 8 heteroatoms. The Morgan fingerprint density at radius 2 is 1.71 bits per heavy atom. The lowest BCUT2D eigenvalue weighted by Crippen LogP contribution is -2.42. The predicted molar refractivity (Wildman–Crippen MR) is 131 cm³/mol. The molecule has 35 heavy (non-hydrogen) atoms. The number of alkyl halides is 3. The number of carbonyl (C=O) groups excluding carboxylic acids is 1. The standard InChI is InChI=1S/C27H26ClF3N2O2/c1-18(20-5-3-2-4-6-20)35-22-10-7-19(8-11-22)17-32-25-23-14-16-33(26(34)27(29,30)31)15-13-21(23)9-12-24(25)28/h2-12,18,32H,13-17H2,1H3. The van der Waals surface area contributed by atoms with Crippen LogP contribution in [0.2, 0.25) is 5.02 Å². The number of benzene rings is 3. The van der Waals surface area contributed by atoms with Crippen molar-refractivity contribution < 1.29 is 22.7 Å². The monoisotopic (exact) mass is 502 g/mol. The SMILES string of the molecule is CC(Oc1ccc(CNc2c(Cl)ccc3c2CCN(C(=O)C(F)(F)F)CC3)cc1)c1ccccc1. The van der Waals surface area contributed by atoms with Crippen molar-refractivity contribution in [1.29, 1.82) is 0 Å². The summed E-state index contributed by atoms with van der Waals surface area (Å²) >= 11 is 6.45. The van der Waals surface area contributed by atoms with Crippen LogP contribution in [-0.2, 0) is 24.2 Å². The topological polar surface area (TPSA) is 41.6 Å². The van der Waals surface area contributed by atoms with Gasteiger partial charge in [-0.3, -0.25) is 4.79 Å². The van der Waals surface area contributed by atoms with E-state index in [-0.39, 0.29) is 19.2 Å². The van der Waals surface area contributed by atoms with Crippen LogP contribution in [0, 0.1) is 0 Å². The maximum atomic E-state index is 12.9. The first-order valence-corrected chi connectivity index (χ1v) is 11.8. The van der Waals surface area contributed by atoms with E-state index in [1.165, 1.54) is 0 Å². The number of carbonyl (C=O) groups is 1.